The molecule has 0 saturated carbocycles. The average molecular weight is 411 g/mol. The van der Waals surface area contributed by atoms with E-state index in [1.165, 1.54) is 11.5 Å². The number of nitrogens with zero attached hydrogens (tertiary/aromatic N) is 2. The Morgan fingerprint density at radius 1 is 0.852 bits per heavy atom. The molecule has 0 aliphatic heterocycles. The summed E-state index contributed by atoms with van der Waals surface area (Å²) in [5.74, 6) is -0.119. The Morgan fingerprint density at radius 3 is 2.07 bits per heavy atom. The van der Waals surface area contributed by atoms with Crippen molar-refractivity contribution >= 4 is 40.5 Å². The van der Waals surface area contributed by atoms with Gasteiger partial charge in [0.15, 0.2) is 5.78 Å². The van der Waals surface area contributed by atoms with Crippen LogP contribution in [0, 0.1) is 0 Å². The molecule has 4 aromatic rings. The second-order valence-electron chi connectivity index (χ2n) is 5.82. The molecular weight excluding hydrogens is 399 g/mol. The zero-order valence-corrected chi connectivity index (χ0v) is 16.2. The normalized spacial score (nSPS) is 10.7. The van der Waals surface area contributed by atoms with Crippen molar-refractivity contribution in [2.24, 2.45) is 0 Å². The molecule has 132 valence electrons. The minimum absolute atomic E-state index is 0.119. The second kappa shape index (κ2) is 7.61. The minimum atomic E-state index is -0.119. The summed E-state index contributed by atoms with van der Waals surface area (Å²) in [4.78, 5) is 18.2. The van der Waals surface area contributed by atoms with Gasteiger partial charge in [0, 0.05) is 33.6 Å². The molecule has 6 heteroatoms. The predicted octanol–water partition coefficient (Wildman–Crippen LogP) is 6.41. The zero-order chi connectivity index (χ0) is 18.8. The van der Waals surface area contributed by atoms with Crippen LogP contribution in [-0.4, -0.2) is 15.1 Å². The van der Waals surface area contributed by atoms with Crippen LogP contribution in [0.3, 0.4) is 0 Å². The molecule has 0 amide bonds. The third kappa shape index (κ3) is 3.65. The summed E-state index contributed by atoms with van der Waals surface area (Å²) in [5.41, 5.74) is 3.43. The molecule has 0 radical (unpaired) electrons. The lowest BCUT2D eigenvalue weighted by molar-refractivity contribution is 0.104. The quantitative estimate of drug-likeness (QED) is 0.365. The Morgan fingerprint density at radius 2 is 1.48 bits per heavy atom. The zero-order valence-electron chi connectivity index (χ0n) is 13.9. The Hall–Kier alpha value is -2.53. The van der Waals surface area contributed by atoms with Gasteiger partial charge in [0.2, 0.25) is 0 Å². The molecular formula is C21H12Cl2N2OS. The number of carbonyl (C=O) groups excluding carboxylic acids is 1. The molecule has 2 aromatic carbocycles. The van der Waals surface area contributed by atoms with Crippen LogP contribution in [0.25, 0.3) is 21.7 Å². The van der Waals surface area contributed by atoms with E-state index < -0.39 is 0 Å². The fourth-order valence-electron chi connectivity index (χ4n) is 2.75. The summed E-state index contributed by atoms with van der Waals surface area (Å²) in [6, 6.07) is 18.2. The molecule has 0 aliphatic carbocycles. The molecule has 3 nitrogen and oxygen atoms in total. The van der Waals surface area contributed by atoms with Gasteiger partial charge in [-0.25, -0.2) is 0 Å². The van der Waals surface area contributed by atoms with Crippen LogP contribution in [-0.2, 0) is 0 Å². The fraction of sp³-hybridized carbons (Fsp3) is 0. The van der Waals surface area contributed by atoms with Gasteiger partial charge in [-0.15, -0.1) is 0 Å². The predicted molar refractivity (Wildman–Crippen MR) is 111 cm³/mol. The number of halogens is 2. The molecule has 27 heavy (non-hydrogen) atoms. The van der Waals surface area contributed by atoms with Gasteiger partial charge in [0.05, 0.1) is 16.1 Å². The topological polar surface area (TPSA) is 42.9 Å². The summed E-state index contributed by atoms with van der Waals surface area (Å²) < 4.78 is 4.59. The Bertz CT molecular complexity index is 1030. The molecule has 0 spiro atoms. The molecule has 0 unspecified atom stereocenters. The van der Waals surface area contributed by atoms with Crippen LogP contribution < -0.4 is 0 Å². The molecule has 2 aromatic heterocycles. The lowest BCUT2D eigenvalue weighted by Gasteiger charge is -2.07. The molecule has 2 heterocycles. The highest BCUT2D eigenvalue weighted by atomic mass is 35.5. The van der Waals surface area contributed by atoms with E-state index in [2.05, 4.69) is 9.36 Å². The van der Waals surface area contributed by atoms with Crippen LogP contribution in [0.2, 0.25) is 10.0 Å². The molecule has 0 saturated heterocycles. The van der Waals surface area contributed by atoms with Crippen molar-refractivity contribution < 1.29 is 4.79 Å². The Kier molecular flexibility index (Phi) is 5.03. The van der Waals surface area contributed by atoms with Gasteiger partial charge >= 0.3 is 0 Å². The third-order valence-electron chi connectivity index (χ3n) is 4.07. The third-order valence-corrected chi connectivity index (χ3v) is 5.47. The van der Waals surface area contributed by atoms with Crippen molar-refractivity contribution in [1.82, 2.24) is 9.36 Å². The largest absolute Gasteiger partial charge is 0.288 e. The minimum Gasteiger partial charge on any atom is -0.288 e. The van der Waals surface area contributed by atoms with Crippen LogP contribution in [0.1, 0.15) is 15.9 Å². The van der Waals surface area contributed by atoms with Crippen LogP contribution in [0.5, 0.6) is 0 Å². The van der Waals surface area contributed by atoms with Gasteiger partial charge in [-0.3, -0.25) is 9.78 Å². The maximum atomic E-state index is 13.3. The summed E-state index contributed by atoms with van der Waals surface area (Å²) in [5, 5.41) is 1.27. The summed E-state index contributed by atoms with van der Waals surface area (Å²) in [7, 11) is 0. The highest BCUT2D eigenvalue weighted by molar-refractivity contribution is 7.10. The molecule has 0 atom stereocenters. The first-order valence-corrected chi connectivity index (χ1v) is 9.62. The SMILES string of the molecule is O=C(c1cccnc1)c1c(-c2ccc(Cl)cc2)nsc1-c1ccc(Cl)cc1. The van der Waals surface area contributed by atoms with E-state index in [0.717, 1.165) is 16.0 Å². The number of hydrogen-bond donors (Lipinski definition) is 0. The Labute approximate surface area is 170 Å². The molecule has 4 rings (SSSR count). The number of benzene rings is 2. The van der Waals surface area contributed by atoms with E-state index in [9.17, 15) is 4.79 Å². The van der Waals surface area contributed by atoms with Gasteiger partial charge < -0.3 is 0 Å². The van der Waals surface area contributed by atoms with E-state index in [1.807, 2.05) is 24.3 Å². The Balaban J connectivity index is 1.91. The van der Waals surface area contributed by atoms with E-state index in [4.69, 9.17) is 23.2 Å². The highest BCUT2D eigenvalue weighted by Gasteiger charge is 2.24. The summed E-state index contributed by atoms with van der Waals surface area (Å²) in [6.45, 7) is 0. The number of carbonyl (C=O) groups is 1. The van der Waals surface area contributed by atoms with Gasteiger partial charge in [0.1, 0.15) is 0 Å². The van der Waals surface area contributed by atoms with E-state index in [0.29, 0.717) is 26.9 Å². The van der Waals surface area contributed by atoms with Gasteiger partial charge in [-0.2, -0.15) is 4.37 Å². The van der Waals surface area contributed by atoms with Gasteiger partial charge in [-0.05, 0) is 53.5 Å². The first-order valence-electron chi connectivity index (χ1n) is 8.10. The van der Waals surface area contributed by atoms with Gasteiger partial charge in [-0.1, -0.05) is 47.5 Å². The van der Waals surface area contributed by atoms with E-state index >= 15 is 0 Å². The fourth-order valence-corrected chi connectivity index (χ4v) is 3.90. The lowest BCUT2D eigenvalue weighted by atomic mass is 9.97. The van der Waals surface area contributed by atoms with E-state index in [1.54, 1.807) is 48.8 Å². The average Bonchev–Trinajstić information content (AvgIpc) is 3.14. The number of hydrogen-bond acceptors (Lipinski definition) is 4. The van der Waals surface area contributed by atoms with Crippen molar-refractivity contribution in [1.29, 1.82) is 0 Å². The molecule has 0 aliphatic rings. The number of aromatic nitrogens is 2. The molecule has 0 bridgehead atoms. The van der Waals surface area contributed by atoms with Crippen molar-refractivity contribution in [3.8, 4) is 21.7 Å². The summed E-state index contributed by atoms with van der Waals surface area (Å²) in [6.07, 6.45) is 3.21. The highest BCUT2D eigenvalue weighted by Crippen LogP contribution is 2.37. The standard InChI is InChI=1S/C21H12Cl2N2OS/c22-16-7-3-13(4-8-16)19-18(20(26)15-2-1-11-24-12-15)21(27-25-19)14-5-9-17(23)10-6-14/h1-12H. The number of ketones is 1. The summed E-state index contributed by atoms with van der Waals surface area (Å²) >= 11 is 13.3. The number of pyridine rings is 1. The maximum absolute atomic E-state index is 13.3. The van der Waals surface area contributed by atoms with Crippen LogP contribution >= 0.6 is 34.7 Å². The lowest BCUT2D eigenvalue weighted by Crippen LogP contribution is -2.04. The van der Waals surface area contributed by atoms with Crippen molar-refractivity contribution in [3.05, 3.63) is 94.2 Å². The van der Waals surface area contributed by atoms with Gasteiger partial charge in [0.25, 0.3) is 0 Å². The van der Waals surface area contributed by atoms with Crippen molar-refractivity contribution in [2.45, 2.75) is 0 Å². The maximum Gasteiger partial charge on any atom is 0.198 e. The molecule has 0 fully saturated rings. The smallest absolute Gasteiger partial charge is 0.198 e. The number of rotatable bonds is 4. The monoisotopic (exact) mass is 410 g/mol. The van der Waals surface area contributed by atoms with Crippen LogP contribution in [0.4, 0.5) is 0 Å². The van der Waals surface area contributed by atoms with Crippen LogP contribution in [0.15, 0.2) is 73.1 Å². The first-order chi connectivity index (χ1) is 13.1. The first kappa shape index (κ1) is 17.9. The van der Waals surface area contributed by atoms with Crippen molar-refractivity contribution in [3.63, 3.8) is 0 Å². The second-order valence-corrected chi connectivity index (χ2v) is 7.47. The van der Waals surface area contributed by atoms with Crippen molar-refractivity contribution in [2.75, 3.05) is 0 Å². The van der Waals surface area contributed by atoms with E-state index in [-0.39, 0.29) is 5.78 Å². The molecule has 0 N–H and O–H groups in total.